The Morgan fingerprint density at radius 2 is 2.00 bits per heavy atom. The van der Waals surface area contributed by atoms with Crippen LogP contribution in [0.4, 0.5) is 5.82 Å². The predicted octanol–water partition coefficient (Wildman–Crippen LogP) is 3.08. The van der Waals surface area contributed by atoms with Gasteiger partial charge in [0, 0.05) is 24.7 Å². The Morgan fingerprint density at radius 1 is 1.24 bits per heavy atom. The second kappa shape index (κ2) is 5.72. The van der Waals surface area contributed by atoms with Gasteiger partial charge in [0.1, 0.15) is 5.82 Å². The molecule has 1 unspecified atom stereocenters. The van der Waals surface area contributed by atoms with Crippen molar-refractivity contribution in [2.45, 2.75) is 26.2 Å². The van der Waals surface area contributed by atoms with E-state index in [1.54, 1.807) is 6.20 Å². The zero-order valence-corrected chi connectivity index (χ0v) is 12.4. The quantitative estimate of drug-likeness (QED) is 0.875. The van der Waals surface area contributed by atoms with Crippen molar-refractivity contribution in [2.75, 3.05) is 18.8 Å². The number of amides is 1. The summed E-state index contributed by atoms with van der Waals surface area (Å²) in [5.41, 5.74) is 6.57. The van der Waals surface area contributed by atoms with Crippen molar-refractivity contribution in [2.24, 2.45) is 5.92 Å². The molecule has 21 heavy (non-hydrogen) atoms. The molecule has 0 bridgehead atoms. The van der Waals surface area contributed by atoms with E-state index in [0.717, 1.165) is 36.7 Å². The van der Waals surface area contributed by atoms with Gasteiger partial charge in [-0.05, 0) is 30.6 Å². The zero-order valence-electron chi connectivity index (χ0n) is 12.4. The van der Waals surface area contributed by atoms with Crippen molar-refractivity contribution in [3.05, 3.63) is 36.0 Å². The fourth-order valence-corrected chi connectivity index (χ4v) is 3.02. The highest BCUT2D eigenvalue weighted by atomic mass is 16.2. The maximum atomic E-state index is 12.8. The molecule has 1 amide bonds. The van der Waals surface area contributed by atoms with Crippen LogP contribution in [-0.2, 0) is 0 Å². The van der Waals surface area contributed by atoms with E-state index in [0.29, 0.717) is 17.3 Å². The first-order valence-electron chi connectivity index (χ1n) is 7.59. The lowest BCUT2D eigenvalue weighted by molar-refractivity contribution is 0.0762. The molecule has 0 saturated carbocycles. The number of aromatic nitrogens is 1. The van der Waals surface area contributed by atoms with Crippen LogP contribution in [0.2, 0.25) is 0 Å². The van der Waals surface area contributed by atoms with Crippen LogP contribution in [0, 0.1) is 5.92 Å². The van der Waals surface area contributed by atoms with Gasteiger partial charge in [0.05, 0.1) is 5.56 Å². The Bertz CT molecular complexity index is 668. The number of hydrogen-bond donors (Lipinski definition) is 1. The predicted molar refractivity (Wildman–Crippen MR) is 85.1 cm³/mol. The Hall–Kier alpha value is -2.10. The van der Waals surface area contributed by atoms with E-state index < -0.39 is 0 Å². The fourth-order valence-electron chi connectivity index (χ4n) is 3.02. The van der Waals surface area contributed by atoms with Crippen LogP contribution in [0.5, 0.6) is 0 Å². The summed E-state index contributed by atoms with van der Waals surface area (Å²) in [5, 5.41) is 1.75. The van der Waals surface area contributed by atoms with Crippen molar-refractivity contribution < 1.29 is 4.79 Å². The van der Waals surface area contributed by atoms with Crippen LogP contribution >= 0.6 is 0 Å². The van der Waals surface area contributed by atoms with Crippen LogP contribution in [0.25, 0.3) is 10.8 Å². The second-order valence-corrected chi connectivity index (χ2v) is 5.93. The van der Waals surface area contributed by atoms with E-state index in [-0.39, 0.29) is 5.91 Å². The second-order valence-electron chi connectivity index (χ2n) is 5.93. The molecular weight excluding hydrogens is 262 g/mol. The molecule has 1 atom stereocenters. The summed E-state index contributed by atoms with van der Waals surface area (Å²) in [6.07, 6.45) is 4.97. The largest absolute Gasteiger partial charge is 0.383 e. The van der Waals surface area contributed by atoms with Gasteiger partial charge in [-0.1, -0.05) is 31.2 Å². The minimum Gasteiger partial charge on any atom is -0.383 e. The summed E-state index contributed by atoms with van der Waals surface area (Å²) in [4.78, 5) is 19.0. The van der Waals surface area contributed by atoms with Gasteiger partial charge < -0.3 is 10.6 Å². The Balaban J connectivity index is 1.96. The first-order valence-corrected chi connectivity index (χ1v) is 7.59. The summed E-state index contributed by atoms with van der Waals surface area (Å²) in [7, 11) is 0. The zero-order chi connectivity index (χ0) is 14.8. The van der Waals surface area contributed by atoms with Crippen molar-refractivity contribution in [1.82, 2.24) is 9.88 Å². The van der Waals surface area contributed by atoms with Gasteiger partial charge in [-0.3, -0.25) is 4.79 Å². The summed E-state index contributed by atoms with van der Waals surface area (Å²) in [5.74, 6) is 1.25. The Labute approximate surface area is 125 Å². The Kier molecular flexibility index (Phi) is 3.78. The molecule has 3 rings (SSSR count). The van der Waals surface area contributed by atoms with Gasteiger partial charge in [-0.25, -0.2) is 4.98 Å². The molecule has 0 aliphatic carbocycles. The topological polar surface area (TPSA) is 59.2 Å². The van der Waals surface area contributed by atoms with Crippen LogP contribution in [0.1, 0.15) is 36.5 Å². The standard InChI is InChI=1S/C17H21N3O/c1-12-5-4-9-20(10-8-12)17(21)15-11-19-16(18)14-7-3-2-6-13(14)15/h2-3,6-7,11-12H,4-5,8-10H2,1H3,(H2,18,19). The average molecular weight is 283 g/mol. The molecule has 2 aromatic rings. The van der Waals surface area contributed by atoms with Gasteiger partial charge >= 0.3 is 0 Å². The van der Waals surface area contributed by atoms with E-state index in [4.69, 9.17) is 5.73 Å². The first kappa shape index (κ1) is 13.9. The molecule has 0 spiro atoms. The third-order valence-electron chi connectivity index (χ3n) is 4.36. The number of nitrogens with zero attached hydrogens (tertiary/aromatic N) is 2. The number of fused-ring (bicyclic) bond motifs is 1. The third kappa shape index (κ3) is 2.71. The van der Waals surface area contributed by atoms with Crippen molar-refractivity contribution in [1.29, 1.82) is 0 Å². The molecular formula is C17H21N3O. The molecule has 0 radical (unpaired) electrons. The molecule has 1 saturated heterocycles. The van der Waals surface area contributed by atoms with E-state index in [1.807, 2.05) is 29.2 Å². The lowest BCUT2D eigenvalue weighted by atomic mass is 10.0. The number of rotatable bonds is 1. The molecule has 1 aromatic heterocycles. The number of anilines is 1. The number of carbonyl (C=O) groups excluding carboxylic acids is 1. The van der Waals surface area contributed by atoms with E-state index in [1.165, 1.54) is 6.42 Å². The molecule has 2 N–H and O–H groups in total. The van der Waals surface area contributed by atoms with E-state index in [9.17, 15) is 4.79 Å². The average Bonchev–Trinajstić information content (AvgIpc) is 2.72. The minimum atomic E-state index is 0.0767. The molecule has 1 fully saturated rings. The number of pyridine rings is 1. The maximum absolute atomic E-state index is 12.8. The fraction of sp³-hybridized carbons (Fsp3) is 0.412. The van der Waals surface area contributed by atoms with Gasteiger partial charge in [0.2, 0.25) is 0 Å². The van der Waals surface area contributed by atoms with Gasteiger partial charge in [-0.15, -0.1) is 0 Å². The molecule has 4 heteroatoms. The minimum absolute atomic E-state index is 0.0767. The van der Waals surface area contributed by atoms with Gasteiger partial charge in [-0.2, -0.15) is 0 Å². The lowest BCUT2D eigenvalue weighted by Crippen LogP contribution is -2.32. The summed E-state index contributed by atoms with van der Waals surface area (Å²) >= 11 is 0. The van der Waals surface area contributed by atoms with E-state index in [2.05, 4.69) is 11.9 Å². The number of likely N-dealkylation sites (tertiary alicyclic amines) is 1. The number of hydrogen-bond acceptors (Lipinski definition) is 3. The molecule has 1 aliphatic heterocycles. The number of carbonyl (C=O) groups is 1. The highest BCUT2D eigenvalue weighted by Gasteiger charge is 2.21. The first-order chi connectivity index (χ1) is 10.2. The van der Waals surface area contributed by atoms with Crippen LogP contribution < -0.4 is 5.73 Å². The lowest BCUT2D eigenvalue weighted by Gasteiger charge is -2.21. The molecule has 110 valence electrons. The van der Waals surface area contributed by atoms with Gasteiger partial charge in [0.15, 0.2) is 0 Å². The molecule has 1 aromatic carbocycles. The maximum Gasteiger partial charge on any atom is 0.256 e. The summed E-state index contributed by atoms with van der Waals surface area (Å²) < 4.78 is 0. The van der Waals surface area contributed by atoms with Crippen molar-refractivity contribution in [3.8, 4) is 0 Å². The van der Waals surface area contributed by atoms with Gasteiger partial charge in [0.25, 0.3) is 5.91 Å². The summed E-state index contributed by atoms with van der Waals surface area (Å²) in [6, 6.07) is 7.71. The van der Waals surface area contributed by atoms with Crippen LogP contribution in [-0.4, -0.2) is 28.9 Å². The number of nitrogens with two attached hydrogens (primary N) is 1. The van der Waals surface area contributed by atoms with Crippen LogP contribution in [0.3, 0.4) is 0 Å². The SMILES string of the molecule is CC1CCCN(C(=O)c2cnc(N)c3ccccc23)CC1. The van der Waals surface area contributed by atoms with Crippen molar-refractivity contribution in [3.63, 3.8) is 0 Å². The molecule has 1 aliphatic rings. The highest BCUT2D eigenvalue weighted by Crippen LogP contribution is 2.25. The van der Waals surface area contributed by atoms with Crippen LogP contribution in [0.15, 0.2) is 30.5 Å². The molecule has 4 nitrogen and oxygen atoms in total. The molecule has 2 heterocycles. The van der Waals surface area contributed by atoms with E-state index >= 15 is 0 Å². The number of benzene rings is 1. The van der Waals surface area contributed by atoms with Crippen molar-refractivity contribution >= 4 is 22.5 Å². The number of nitrogen functional groups attached to an aromatic ring is 1. The Morgan fingerprint density at radius 3 is 2.81 bits per heavy atom. The summed E-state index contributed by atoms with van der Waals surface area (Å²) in [6.45, 7) is 3.93. The highest BCUT2D eigenvalue weighted by molar-refractivity contribution is 6.08. The third-order valence-corrected chi connectivity index (χ3v) is 4.36. The normalized spacial score (nSPS) is 19.5. The smallest absolute Gasteiger partial charge is 0.256 e. The monoisotopic (exact) mass is 283 g/mol.